The molecule has 0 aliphatic rings. The molecule has 0 bridgehead atoms. The van der Waals surface area contributed by atoms with E-state index in [2.05, 4.69) is 27.2 Å². The number of nitrogens with zero attached hydrogens (tertiary/aromatic N) is 3. The Hall–Kier alpha value is -3.18. The lowest BCUT2D eigenvalue weighted by molar-refractivity contribution is 0.397. The van der Waals surface area contributed by atoms with Crippen LogP contribution in [0.1, 0.15) is 5.69 Å². The number of pyridine rings is 1. The molecule has 0 amide bonds. The summed E-state index contributed by atoms with van der Waals surface area (Å²) in [5.74, 6) is 1.60. The molecule has 0 spiro atoms. The maximum atomic E-state index is 5.99. The minimum Gasteiger partial charge on any atom is -0.457 e. The molecule has 2 heterocycles. The summed E-state index contributed by atoms with van der Waals surface area (Å²) in [5.41, 5.74) is 4.10. The molecule has 0 unspecified atom stereocenters. The molecule has 4 aromatic rings. The topological polar surface area (TPSA) is 54.0 Å². The van der Waals surface area contributed by atoms with Crippen molar-refractivity contribution in [2.24, 2.45) is 0 Å². The van der Waals surface area contributed by atoms with Gasteiger partial charge in [-0.2, -0.15) is 5.10 Å². The van der Waals surface area contributed by atoms with Crippen molar-refractivity contribution in [2.75, 3.05) is 14.1 Å². The second-order valence-electron chi connectivity index (χ2n) is 6.49. The summed E-state index contributed by atoms with van der Waals surface area (Å²) in [6.07, 6.45) is 1.74. The average Bonchev–Trinajstić information content (AvgIpc) is 3.17. The number of H-pyrrole nitrogens is 1. The smallest absolute Gasteiger partial charge is 0.128 e. The largest absolute Gasteiger partial charge is 0.457 e. The molecule has 1 N–H and O–H groups in total. The van der Waals surface area contributed by atoms with Crippen molar-refractivity contribution >= 4 is 10.9 Å². The molecule has 0 saturated carbocycles. The van der Waals surface area contributed by atoms with Gasteiger partial charge in [-0.25, -0.2) is 0 Å². The first-order chi connectivity index (χ1) is 12.7. The molecule has 0 aliphatic carbocycles. The quantitative estimate of drug-likeness (QED) is 0.580. The zero-order chi connectivity index (χ0) is 17.9. The van der Waals surface area contributed by atoms with Crippen LogP contribution in [0.4, 0.5) is 0 Å². The summed E-state index contributed by atoms with van der Waals surface area (Å²) < 4.78 is 5.99. The highest BCUT2D eigenvalue weighted by atomic mass is 16.5. The van der Waals surface area contributed by atoms with Gasteiger partial charge in [-0.15, -0.1) is 0 Å². The molecule has 2 aromatic heterocycles. The van der Waals surface area contributed by atoms with Crippen LogP contribution in [0.2, 0.25) is 0 Å². The summed E-state index contributed by atoms with van der Waals surface area (Å²) in [5, 5.41) is 8.00. The molecule has 5 nitrogen and oxygen atoms in total. The van der Waals surface area contributed by atoms with E-state index in [0.29, 0.717) is 0 Å². The van der Waals surface area contributed by atoms with Gasteiger partial charge in [0, 0.05) is 18.1 Å². The zero-order valence-corrected chi connectivity index (χ0v) is 14.8. The van der Waals surface area contributed by atoms with Crippen molar-refractivity contribution in [3.63, 3.8) is 0 Å². The lowest BCUT2D eigenvalue weighted by atomic mass is 10.1. The van der Waals surface area contributed by atoms with Gasteiger partial charge in [-0.1, -0.05) is 6.07 Å². The third-order valence-electron chi connectivity index (χ3n) is 4.10. The van der Waals surface area contributed by atoms with Crippen LogP contribution < -0.4 is 4.74 Å². The van der Waals surface area contributed by atoms with Crippen LogP contribution >= 0.6 is 0 Å². The first-order valence-corrected chi connectivity index (χ1v) is 8.49. The van der Waals surface area contributed by atoms with Gasteiger partial charge in [0.1, 0.15) is 11.5 Å². The number of nitrogens with one attached hydrogen (secondary N) is 1. The predicted octanol–water partition coefficient (Wildman–Crippen LogP) is 4.48. The Morgan fingerprint density at radius 2 is 1.73 bits per heavy atom. The van der Waals surface area contributed by atoms with Crippen molar-refractivity contribution in [1.82, 2.24) is 20.1 Å². The fraction of sp³-hybridized carbons (Fsp3) is 0.143. The minimum absolute atomic E-state index is 0.796. The van der Waals surface area contributed by atoms with E-state index in [4.69, 9.17) is 9.72 Å². The Kier molecular flexibility index (Phi) is 4.37. The molecular formula is C21H20N4O. The number of aromatic nitrogens is 3. The molecule has 26 heavy (non-hydrogen) atoms. The van der Waals surface area contributed by atoms with Crippen molar-refractivity contribution in [1.29, 1.82) is 0 Å². The molecule has 0 fully saturated rings. The Morgan fingerprint density at radius 1 is 0.923 bits per heavy atom. The summed E-state index contributed by atoms with van der Waals surface area (Å²) >= 11 is 0. The predicted molar refractivity (Wildman–Crippen MR) is 103 cm³/mol. The fourth-order valence-electron chi connectivity index (χ4n) is 2.88. The highest BCUT2D eigenvalue weighted by Crippen LogP contribution is 2.27. The first-order valence-electron chi connectivity index (χ1n) is 8.49. The monoisotopic (exact) mass is 344 g/mol. The highest BCUT2D eigenvalue weighted by molar-refractivity contribution is 5.80. The van der Waals surface area contributed by atoms with Crippen molar-refractivity contribution in [3.05, 3.63) is 72.6 Å². The average molecular weight is 344 g/mol. The van der Waals surface area contributed by atoms with Gasteiger partial charge in [0.25, 0.3) is 0 Å². The number of rotatable bonds is 5. The van der Waals surface area contributed by atoms with E-state index < -0.39 is 0 Å². The van der Waals surface area contributed by atoms with Gasteiger partial charge in [0.15, 0.2) is 0 Å². The molecular weight excluding hydrogens is 324 g/mol. The molecule has 4 rings (SSSR count). The van der Waals surface area contributed by atoms with Crippen LogP contribution in [-0.4, -0.2) is 34.2 Å². The van der Waals surface area contributed by atoms with Crippen LogP contribution in [0.5, 0.6) is 11.5 Å². The van der Waals surface area contributed by atoms with E-state index in [1.165, 1.54) is 0 Å². The van der Waals surface area contributed by atoms with Crippen molar-refractivity contribution in [3.8, 4) is 22.8 Å². The molecule has 2 aromatic carbocycles. The number of ether oxygens (including phenoxy) is 1. The van der Waals surface area contributed by atoms with Gasteiger partial charge < -0.3 is 9.64 Å². The SMILES string of the molecule is CN(C)Cc1ccc2cc(Oc3ccc(-c4ccn[nH]4)cc3)ccc2n1. The van der Waals surface area contributed by atoms with E-state index in [-0.39, 0.29) is 0 Å². The number of fused-ring (bicyclic) bond motifs is 1. The molecule has 0 saturated heterocycles. The van der Waals surface area contributed by atoms with Crippen LogP contribution in [0.25, 0.3) is 22.2 Å². The Morgan fingerprint density at radius 3 is 2.46 bits per heavy atom. The summed E-state index contributed by atoms with van der Waals surface area (Å²) in [6, 6.07) is 20.0. The number of aromatic amines is 1. The lowest BCUT2D eigenvalue weighted by Gasteiger charge is -2.10. The fourth-order valence-corrected chi connectivity index (χ4v) is 2.88. The second-order valence-corrected chi connectivity index (χ2v) is 6.49. The summed E-state index contributed by atoms with van der Waals surface area (Å²) in [7, 11) is 4.08. The maximum Gasteiger partial charge on any atom is 0.128 e. The molecule has 130 valence electrons. The van der Waals surface area contributed by atoms with Gasteiger partial charge in [-0.05, 0) is 74.3 Å². The minimum atomic E-state index is 0.796. The Bertz CT molecular complexity index is 1010. The van der Waals surface area contributed by atoms with E-state index in [1.54, 1.807) is 6.20 Å². The van der Waals surface area contributed by atoms with Crippen LogP contribution in [0.3, 0.4) is 0 Å². The van der Waals surface area contributed by atoms with E-state index in [0.717, 1.165) is 45.9 Å². The Labute approximate surface area is 152 Å². The van der Waals surface area contributed by atoms with Gasteiger partial charge >= 0.3 is 0 Å². The van der Waals surface area contributed by atoms with Crippen LogP contribution in [0, 0.1) is 0 Å². The molecule has 0 aliphatic heterocycles. The van der Waals surface area contributed by atoms with Gasteiger partial charge in [0.2, 0.25) is 0 Å². The molecule has 0 atom stereocenters. The zero-order valence-electron chi connectivity index (χ0n) is 14.8. The second kappa shape index (κ2) is 6.98. The normalized spacial score (nSPS) is 11.2. The van der Waals surface area contributed by atoms with E-state index in [9.17, 15) is 0 Å². The van der Waals surface area contributed by atoms with Gasteiger partial charge in [0.05, 0.1) is 16.9 Å². The summed E-state index contributed by atoms with van der Waals surface area (Å²) in [4.78, 5) is 6.81. The van der Waals surface area contributed by atoms with E-state index in [1.807, 2.05) is 62.6 Å². The summed E-state index contributed by atoms with van der Waals surface area (Å²) in [6.45, 7) is 0.830. The van der Waals surface area contributed by atoms with Crippen LogP contribution in [0.15, 0.2) is 66.9 Å². The maximum absolute atomic E-state index is 5.99. The highest BCUT2D eigenvalue weighted by Gasteiger charge is 2.04. The van der Waals surface area contributed by atoms with Crippen LogP contribution in [-0.2, 0) is 6.54 Å². The number of benzene rings is 2. The third-order valence-corrected chi connectivity index (χ3v) is 4.10. The van der Waals surface area contributed by atoms with E-state index >= 15 is 0 Å². The Balaban J connectivity index is 1.53. The van der Waals surface area contributed by atoms with Crippen molar-refractivity contribution in [2.45, 2.75) is 6.54 Å². The number of hydrogen-bond acceptors (Lipinski definition) is 4. The number of hydrogen-bond donors (Lipinski definition) is 1. The molecule has 0 radical (unpaired) electrons. The molecule has 5 heteroatoms. The third kappa shape index (κ3) is 3.58. The first kappa shape index (κ1) is 16.3. The van der Waals surface area contributed by atoms with Crippen molar-refractivity contribution < 1.29 is 4.74 Å². The lowest BCUT2D eigenvalue weighted by Crippen LogP contribution is -2.11. The standard InChI is InChI=1S/C21H20N4O/c1-25(2)14-17-6-3-16-13-19(9-10-20(16)23-17)26-18-7-4-15(5-8-18)21-11-12-22-24-21/h3-13H,14H2,1-2H3,(H,22,24). The van der Waals surface area contributed by atoms with Gasteiger partial charge in [-0.3, -0.25) is 10.1 Å².